The summed E-state index contributed by atoms with van der Waals surface area (Å²) in [7, 11) is 0. The van der Waals surface area contributed by atoms with Crippen molar-refractivity contribution in [1.82, 2.24) is 0 Å². The molecule has 0 saturated heterocycles. The summed E-state index contributed by atoms with van der Waals surface area (Å²) in [6, 6.07) is 24.2. The van der Waals surface area contributed by atoms with E-state index in [-0.39, 0.29) is 0 Å². The second-order valence-electron chi connectivity index (χ2n) is 6.21. The van der Waals surface area contributed by atoms with Gasteiger partial charge in [-0.3, -0.25) is 0 Å². The predicted molar refractivity (Wildman–Crippen MR) is 114 cm³/mol. The summed E-state index contributed by atoms with van der Waals surface area (Å²) in [5, 5.41) is 8.20. The molecule has 2 atom stereocenters. The van der Waals surface area contributed by atoms with Gasteiger partial charge in [0.05, 0.1) is 0 Å². The van der Waals surface area contributed by atoms with Gasteiger partial charge >= 0.3 is 0 Å². The van der Waals surface area contributed by atoms with Gasteiger partial charge in [-0.1, -0.05) is 60.7 Å². The van der Waals surface area contributed by atoms with E-state index in [9.17, 15) is 2.74 Å². The highest BCUT2D eigenvalue weighted by Gasteiger charge is 2.20. The highest BCUT2D eigenvalue weighted by Crippen LogP contribution is 2.37. The topological polar surface area (TPSA) is 0 Å². The number of thiophene rings is 2. The van der Waals surface area contributed by atoms with E-state index in [2.05, 4.69) is 10.8 Å². The van der Waals surface area contributed by atoms with Crippen LogP contribution in [0.2, 0.25) is 0 Å². The quantitative estimate of drug-likeness (QED) is 0.312. The Hall–Kier alpha value is -2.16. The van der Waals surface area contributed by atoms with Crippen LogP contribution in [0.3, 0.4) is 0 Å². The Morgan fingerprint density at radius 3 is 1.35 bits per heavy atom. The van der Waals surface area contributed by atoms with Crippen molar-refractivity contribution in [3.8, 4) is 0 Å². The molecule has 0 saturated carbocycles. The molecule has 4 rings (SSSR count). The first-order chi connectivity index (χ1) is 13.6. The maximum Gasteiger partial charge on any atom is 0.0402 e. The van der Waals surface area contributed by atoms with Gasteiger partial charge in [0, 0.05) is 14.5 Å². The molecule has 4 aromatic rings. The minimum absolute atomic E-state index is 0.571. The van der Waals surface area contributed by atoms with Crippen LogP contribution in [0.25, 0.3) is 0 Å². The van der Waals surface area contributed by atoms with Crippen molar-refractivity contribution >= 4 is 22.7 Å². The van der Waals surface area contributed by atoms with Crippen LogP contribution in [-0.2, 0) is 0 Å². The summed E-state index contributed by atoms with van der Waals surface area (Å²) in [6.07, 6.45) is 1.14. The maximum atomic E-state index is 9.41. The fourth-order valence-corrected chi connectivity index (χ4v) is 4.65. The molecule has 2 aromatic carbocycles. The zero-order valence-electron chi connectivity index (χ0n) is 16.5. The van der Waals surface area contributed by atoms with Crippen LogP contribution in [0, 0.1) is 0 Å². The van der Waals surface area contributed by atoms with E-state index in [1.165, 1.54) is 0 Å². The van der Waals surface area contributed by atoms with E-state index in [0.717, 1.165) is 22.3 Å². The van der Waals surface area contributed by atoms with Gasteiger partial charge in [0.15, 0.2) is 0 Å². The van der Waals surface area contributed by atoms with Crippen LogP contribution >= 0.6 is 22.7 Å². The second-order valence-corrected chi connectivity index (χ2v) is 7.77. The molecule has 0 fully saturated rings. The second kappa shape index (κ2) is 8.48. The zero-order chi connectivity index (χ0) is 19.5. The standard InChI is InChI=1S/C24H22S2/c1-3-7-19(8-4-1)23(21-13-15-25-17-21)11-12-24(22-14-16-26-18-22)20-9-5-2-6-10-20/h1-10,13-18,23-24H,11-12H2/i23D,24D. The van der Waals surface area contributed by atoms with Crippen LogP contribution in [0.4, 0.5) is 0 Å². The van der Waals surface area contributed by atoms with Gasteiger partial charge < -0.3 is 0 Å². The molecule has 0 amide bonds. The van der Waals surface area contributed by atoms with E-state index in [1.54, 1.807) is 22.7 Å². The first kappa shape index (κ1) is 15.0. The Kier molecular flexibility index (Phi) is 4.88. The third-order valence-electron chi connectivity index (χ3n) is 4.61. The maximum absolute atomic E-state index is 9.41. The Labute approximate surface area is 166 Å². The van der Waals surface area contributed by atoms with Gasteiger partial charge in [0.25, 0.3) is 0 Å². The summed E-state index contributed by atoms with van der Waals surface area (Å²) in [5.41, 5.74) is 3.97. The van der Waals surface area contributed by atoms with Crippen molar-refractivity contribution < 1.29 is 2.74 Å². The van der Waals surface area contributed by atoms with Crippen molar-refractivity contribution in [3.05, 3.63) is 117 Å². The molecule has 2 aromatic heterocycles. The lowest BCUT2D eigenvalue weighted by molar-refractivity contribution is 0.614. The van der Waals surface area contributed by atoms with Crippen LogP contribution in [0.1, 0.15) is 49.6 Å². The van der Waals surface area contributed by atoms with E-state index < -0.39 is 11.8 Å². The largest absolute Gasteiger partial charge is 0.152 e. The van der Waals surface area contributed by atoms with Gasteiger partial charge in [-0.05, 0) is 68.7 Å². The fraction of sp³-hybridized carbons (Fsp3) is 0.167. The van der Waals surface area contributed by atoms with Crippen molar-refractivity contribution in [2.24, 2.45) is 0 Å². The predicted octanol–water partition coefficient (Wildman–Crippen LogP) is 7.55. The summed E-state index contributed by atoms with van der Waals surface area (Å²) < 4.78 is 18.8. The molecule has 0 aliphatic rings. The third kappa shape index (κ3) is 3.98. The normalized spacial score (nSPS) is 16.9. The minimum Gasteiger partial charge on any atom is -0.152 e. The van der Waals surface area contributed by atoms with Crippen LogP contribution in [0.5, 0.6) is 0 Å². The molecule has 0 nitrogen and oxygen atoms in total. The van der Waals surface area contributed by atoms with E-state index in [1.807, 2.05) is 83.6 Å². The molecule has 0 N–H and O–H groups in total. The molecule has 0 aliphatic heterocycles. The molecule has 26 heavy (non-hydrogen) atoms. The van der Waals surface area contributed by atoms with Gasteiger partial charge in [-0.25, -0.2) is 0 Å². The van der Waals surface area contributed by atoms with Crippen LogP contribution in [0.15, 0.2) is 94.3 Å². The molecule has 0 spiro atoms. The first-order valence-electron chi connectivity index (χ1n) is 9.79. The first-order valence-corrected chi connectivity index (χ1v) is 10.7. The Balaban J connectivity index is 1.73. The average Bonchev–Trinajstić information content (AvgIpc) is 3.48. The number of hydrogen-bond donors (Lipinski definition) is 0. The highest BCUT2D eigenvalue weighted by atomic mass is 32.1. The lowest BCUT2D eigenvalue weighted by Crippen LogP contribution is -2.06. The average molecular weight is 377 g/mol. The fourth-order valence-electron chi connectivity index (χ4n) is 3.31. The summed E-state index contributed by atoms with van der Waals surface area (Å²) in [5.74, 6) is -1.73. The SMILES string of the molecule is [2H]C(CCC([2H])(c1ccccc1)c1ccsc1)(c1ccccc1)c1ccsc1. The Bertz CT molecular complexity index is 898. The molecular weight excluding hydrogens is 352 g/mol. The van der Waals surface area contributed by atoms with E-state index in [0.29, 0.717) is 12.8 Å². The highest BCUT2D eigenvalue weighted by molar-refractivity contribution is 7.08. The lowest BCUT2D eigenvalue weighted by atomic mass is 9.82. The molecular formula is C24H22S2. The molecule has 2 heteroatoms. The molecule has 0 bridgehead atoms. The van der Waals surface area contributed by atoms with Gasteiger partial charge in [0.1, 0.15) is 0 Å². The zero-order valence-corrected chi connectivity index (χ0v) is 16.1. The number of benzene rings is 2. The Morgan fingerprint density at radius 2 is 1.00 bits per heavy atom. The third-order valence-corrected chi connectivity index (χ3v) is 5.98. The lowest BCUT2D eigenvalue weighted by Gasteiger charge is -2.22. The van der Waals surface area contributed by atoms with Crippen molar-refractivity contribution in [2.75, 3.05) is 0 Å². The van der Waals surface area contributed by atoms with Crippen molar-refractivity contribution in [2.45, 2.75) is 24.6 Å². The summed E-state index contributed by atoms with van der Waals surface area (Å²) in [4.78, 5) is 0. The minimum atomic E-state index is -0.863. The monoisotopic (exact) mass is 376 g/mol. The van der Waals surface area contributed by atoms with Gasteiger partial charge in [-0.2, -0.15) is 22.7 Å². The van der Waals surface area contributed by atoms with Gasteiger partial charge in [-0.15, -0.1) is 0 Å². The van der Waals surface area contributed by atoms with E-state index >= 15 is 0 Å². The molecule has 0 radical (unpaired) electrons. The summed E-state index contributed by atoms with van der Waals surface area (Å²) >= 11 is 3.25. The van der Waals surface area contributed by atoms with Crippen molar-refractivity contribution in [3.63, 3.8) is 0 Å². The number of hydrogen-bond acceptors (Lipinski definition) is 2. The molecule has 130 valence electrons. The van der Waals surface area contributed by atoms with Gasteiger partial charge in [0.2, 0.25) is 0 Å². The number of rotatable bonds is 7. The van der Waals surface area contributed by atoms with Crippen molar-refractivity contribution in [1.29, 1.82) is 0 Å². The van der Waals surface area contributed by atoms with Crippen LogP contribution < -0.4 is 0 Å². The molecule has 2 unspecified atom stereocenters. The summed E-state index contributed by atoms with van der Waals surface area (Å²) in [6.45, 7) is 0. The van der Waals surface area contributed by atoms with Crippen LogP contribution in [-0.4, -0.2) is 0 Å². The van der Waals surface area contributed by atoms with E-state index in [4.69, 9.17) is 0 Å². The smallest absolute Gasteiger partial charge is 0.0402 e. The molecule has 2 heterocycles. The Morgan fingerprint density at radius 1 is 0.577 bits per heavy atom. The molecule has 0 aliphatic carbocycles.